The van der Waals surface area contributed by atoms with Crippen molar-refractivity contribution < 1.29 is 168 Å². The summed E-state index contributed by atoms with van der Waals surface area (Å²) in [5.41, 5.74) is -1.74. The molecule has 0 spiro atoms. The molecule has 6 aromatic rings. The number of benzene rings is 3. The van der Waals surface area contributed by atoms with Gasteiger partial charge in [0.1, 0.15) is 107 Å². The maximum absolute atomic E-state index is 16.0. The van der Waals surface area contributed by atoms with Crippen LogP contribution in [0.15, 0.2) is 54.6 Å². The van der Waals surface area contributed by atoms with Gasteiger partial charge in [0.25, 0.3) is 0 Å². The molecule has 4 aliphatic carbocycles. The van der Waals surface area contributed by atoms with Crippen molar-refractivity contribution in [2.75, 3.05) is 41.0 Å². The van der Waals surface area contributed by atoms with Gasteiger partial charge in [-0.1, -0.05) is 120 Å². The van der Waals surface area contributed by atoms with Crippen molar-refractivity contribution in [3.05, 3.63) is 71.7 Å². The van der Waals surface area contributed by atoms with Gasteiger partial charge in [0.2, 0.25) is 35.4 Å². The monoisotopic (exact) mass is 2020 g/mol. The van der Waals surface area contributed by atoms with E-state index < -0.39 is 167 Å². The summed E-state index contributed by atoms with van der Waals surface area (Å²) in [5.74, 6) is -1.52. The number of halogens is 6. The van der Waals surface area contributed by atoms with E-state index in [0.717, 1.165) is 32.1 Å². The number of fused-ring (bicyclic) bond motifs is 17. The molecule has 7 fully saturated rings. The molecule has 4 saturated carbocycles. The quantitative estimate of drug-likeness (QED) is 0.0792. The number of alkyl carbamates (subject to hydrolysis) is 3. The molecule has 3 N–H and O–H groups in total. The Morgan fingerprint density at radius 3 is 1.09 bits per heavy atom. The molecule has 6 amide bonds. The van der Waals surface area contributed by atoms with Gasteiger partial charge in [0, 0.05) is 73.9 Å². The predicted octanol–water partition coefficient (Wildman–Crippen LogP) is 15.8. The van der Waals surface area contributed by atoms with E-state index >= 15 is 26.3 Å². The van der Waals surface area contributed by atoms with Crippen molar-refractivity contribution in [2.24, 2.45) is 63.6 Å². The molecule has 10 aliphatic rings. The Bertz CT molecular complexity index is 5210. The molecular weight excluding hydrogens is 1900 g/mol. The molecule has 8 unspecified atom stereocenters. The summed E-state index contributed by atoms with van der Waals surface area (Å²) in [6.07, 6.45) is -2.62. The summed E-state index contributed by atoms with van der Waals surface area (Å²) in [6, 6.07) is 8.59. The van der Waals surface area contributed by atoms with Crippen LogP contribution in [0.5, 0.6) is 34.9 Å². The van der Waals surface area contributed by atoms with Gasteiger partial charge in [-0.15, -0.1) is 0 Å². The second-order valence-corrected chi connectivity index (χ2v) is 41.3. The van der Waals surface area contributed by atoms with Gasteiger partial charge in [-0.25, -0.2) is 89.5 Å². The largest absolute Gasteiger partial charge is 0.540 e. The van der Waals surface area contributed by atoms with Crippen molar-refractivity contribution in [3.63, 3.8) is 0 Å². The third-order valence-electron chi connectivity index (χ3n) is 29.0. The Morgan fingerprint density at radius 1 is 0.394 bits per heavy atom. The normalized spacial score (nSPS) is 32.9. The van der Waals surface area contributed by atoms with Crippen molar-refractivity contribution in [2.45, 2.75) is 309 Å². The topological polar surface area (TPSA) is 360 Å². The van der Waals surface area contributed by atoms with Crippen LogP contribution in [0.3, 0.4) is 0 Å². The van der Waals surface area contributed by atoms with E-state index in [1.807, 2.05) is 88.1 Å². The van der Waals surface area contributed by atoms with Crippen LogP contribution in [0.4, 0.5) is 40.7 Å². The molecular formula is C98H125F6N12O18V3-3. The minimum Gasteiger partial charge on any atom is -0.540 e. The maximum Gasteiger partial charge on any atom is 0.408 e. The Kier molecular flexibility index (Phi) is 35.5. The van der Waals surface area contributed by atoms with Crippen molar-refractivity contribution >= 4 is 88.0 Å². The van der Waals surface area contributed by atoms with Crippen molar-refractivity contribution in [1.29, 1.82) is 0 Å². The molecule has 39 heteroatoms. The van der Waals surface area contributed by atoms with Crippen LogP contribution in [-0.2, 0) is 98.6 Å². The van der Waals surface area contributed by atoms with E-state index in [-0.39, 0.29) is 159 Å². The SMILES string of the molecule is COc1ccc2nc3c(nc2c1)O[C@H]1CN(C(=O)[C@H](C(C)(C)C)NC(=O)O[C@@H]2CC4CC4[C@H]2CCCC(F)C3F)[C@H]([C-]=O)[C@@H]1C.COc1ccc2nc3c(nc2c1)O[C@H]1CN(C(=O)[C@H](C(C)(C)C)NC(=O)O[C@@H]2CCC[C@H]2CCCC(F)C3F)[C@H]([C-]=O)[C@@H]1C.COc1ccc2nc3c(nc2c1)O[C@H]1CN(C(=O)[C@H](C(C)(C)C)NC(=O)O[C@]2(C)CCC[C@H]2CCCC(F)C3F)[C@H]([C-]=O)[C@@H]1C.[V].[V].[V]. The van der Waals surface area contributed by atoms with Gasteiger partial charge in [-0.05, 0) is 197 Å². The zero-order chi connectivity index (χ0) is 96.6. The minimum absolute atomic E-state index is 0. The van der Waals surface area contributed by atoms with Gasteiger partial charge in [0.15, 0.2) is 18.5 Å². The number of rotatable bonds is 6. The molecule has 137 heavy (non-hydrogen) atoms. The average Bonchev–Trinajstić information content (AvgIpc) is 1.60. The summed E-state index contributed by atoms with van der Waals surface area (Å²) in [4.78, 5) is 149. The Labute approximate surface area is 830 Å². The number of amides is 6. The number of carbonyl (C=O) groups excluding carboxylic acids is 9. The van der Waals surface area contributed by atoms with E-state index in [1.54, 1.807) is 75.4 Å². The Hall–Kier alpha value is -8.96. The van der Waals surface area contributed by atoms with Crippen LogP contribution in [0, 0.1) is 63.6 Å². The van der Waals surface area contributed by atoms with Crippen LogP contribution < -0.4 is 44.4 Å². The molecule has 6 aliphatic heterocycles. The Morgan fingerprint density at radius 2 is 0.730 bits per heavy atom. The molecule has 3 saturated heterocycles. The summed E-state index contributed by atoms with van der Waals surface area (Å²) in [5, 5.41) is 8.33. The first-order chi connectivity index (χ1) is 63.5. The van der Waals surface area contributed by atoms with E-state index in [0.29, 0.717) is 120 Å². The third-order valence-corrected chi connectivity index (χ3v) is 29.0. The van der Waals surface area contributed by atoms with E-state index in [4.69, 9.17) is 42.6 Å². The summed E-state index contributed by atoms with van der Waals surface area (Å²) in [7, 11) is 4.50. The molecule has 30 nitrogen and oxygen atoms in total. The molecule has 6 bridgehead atoms. The van der Waals surface area contributed by atoms with E-state index in [2.05, 4.69) is 45.9 Å². The number of methoxy groups -OCH3 is 3. The number of carbonyl (C=O) groups is 6. The minimum atomic E-state index is -2.14. The van der Waals surface area contributed by atoms with Crippen LogP contribution in [0.25, 0.3) is 33.1 Å². The second kappa shape index (κ2) is 44.9. The van der Waals surface area contributed by atoms with Crippen LogP contribution in [0.1, 0.15) is 235 Å². The average molecular weight is 2030 g/mol. The molecule has 3 aromatic carbocycles. The zero-order valence-corrected chi connectivity index (χ0v) is 84.4. The van der Waals surface area contributed by atoms with Crippen LogP contribution in [0.2, 0.25) is 0 Å². The van der Waals surface area contributed by atoms with Crippen LogP contribution >= 0.6 is 0 Å². The van der Waals surface area contributed by atoms with Crippen molar-refractivity contribution in [3.8, 4) is 34.9 Å². The van der Waals surface area contributed by atoms with Crippen molar-refractivity contribution in [1.82, 2.24) is 60.6 Å². The number of nitrogens with one attached hydrogen (secondary N) is 3. The Balaban J connectivity index is 0.000000195. The molecule has 3 radical (unpaired) electrons. The number of hydrogen-bond acceptors (Lipinski definition) is 24. The smallest absolute Gasteiger partial charge is 0.408 e. The summed E-state index contributed by atoms with van der Waals surface area (Å²) >= 11 is 0. The molecule has 745 valence electrons. The number of alkyl halides is 6. The summed E-state index contributed by atoms with van der Waals surface area (Å²) < 4.78 is 147. The summed E-state index contributed by atoms with van der Waals surface area (Å²) in [6.45, 7) is 23.1. The van der Waals surface area contributed by atoms with Gasteiger partial charge in [-0.2, -0.15) is 0 Å². The van der Waals surface area contributed by atoms with Gasteiger partial charge >= 0.3 is 18.3 Å². The molecule has 26 atom stereocenters. The fraction of sp³-hybridized carbons (Fsp3) is 0.663. The number of nitrogens with zero attached hydrogens (tertiary/aromatic N) is 9. The fourth-order valence-electron chi connectivity index (χ4n) is 20.9. The van der Waals surface area contributed by atoms with Gasteiger partial charge in [-0.3, -0.25) is 14.4 Å². The standard InChI is InChI=1S/C33H41F2N4O6.C33H43F2N4O6.C32H41F2N4O6.3V/c1-16-24(15-40)39-14-26(16)44-30-28(36-22-10-9-18(43-5)13-23(22)37-30)27(35)21(34)8-6-7-19-20-11-17(20)12-25(19)45-32(42)38-29(31(39)41)33(2,3)4;1-18-24(17-40)39-16-25(18)44-29-27(36-22-13-12-20(43-6)15-23(22)37-29)26(35)21(34)11-7-9-19-10-8-14-33(19,5)45-31(42)38-28(30(39)41)32(2,3)4;1-17-23(16-39)38-15-25(17)43-29-27(35-21-13-12-19(42-5)14-22(21)36-29)26(34)20(33)10-6-8-18-9-7-11-24(18)44-31(41)37-28(30(38)40)32(2,3)4;;;/h9-10,13,16-17,19-21,24-27,29H,6-8,11-12,14H2,1-5H3,(H,38,42);12-13,15,18-19,21,24-26,28H,7-11,14,16H2,1-6H3,(H,38,42);12-14,17-18,20,23-26,28H,6-11,15H2,1-5H3,(H,37,41);;;/q3*-1;;;/t16-,17?,19+,20?,21?,24+,25+,26-,27?,29+;18-,19+,21?,24+,25-,26?,28+,33+;17-,18+,20?,23+,24+,25-,26?,28+;;;/m000.../s1. The number of aromatic nitrogens is 6. The van der Waals surface area contributed by atoms with E-state index in [9.17, 15) is 43.2 Å². The fourth-order valence-corrected chi connectivity index (χ4v) is 20.9. The third kappa shape index (κ3) is 23.9. The predicted molar refractivity (Wildman–Crippen MR) is 479 cm³/mol. The molecule has 9 heterocycles. The second-order valence-electron chi connectivity index (χ2n) is 41.3. The number of ether oxygens (including phenoxy) is 9. The number of hydrogen-bond donors (Lipinski definition) is 3. The van der Waals surface area contributed by atoms with Gasteiger partial charge < -0.3 is 87.7 Å². The van der Waals surface area contributed by atoms with E-state index in [1.165, 1.54) is 36.0 Å². The molecule has 3 aromatic heterocycles. The van der Waals surface area contributed by atoms with Crippen LogP contribution in [-0.4, -0.2) is 231 Å². The molecule has 16 rings (SSSR count). The zero-order valence-electron chi connectivity index (χ0n) is 80.3. The first-order valence-corrected chi connectivity index (χ1v) is 47.0. The first kappa shape index (κ1) is 108. The maximum atomic E-state index is 16.0. The van der Waals surface area contributed by atoms with Gasteiger partial charge in [0.05, 0.1) is 74.1 Å². The first-order valence-electron chi connectivity index (χ1n) is 47.0.